The molecule has 0 saturated carbocycles. The van der Waals surface area contributed by atoms with Crippen molar-refractivity contribution in [3.05, 3.63) is 29.3 Å². The first-order valence-corrected chi connectivity index (χ1v) is 5.88. The average Bonchev–Trinajstić information content (AvgIpc) is 2.35. The molecule has 1 amide bonds. The zero-order chi connectivity index (χ0) is 13.1. The summed E-state index contributed by atoms with van der Waals surface area (Å²) in [5, 5.41) is 1.71. The van der Waals surface area contributed by atoms with E-state index in [1.807, 2.05) is 0 Å². The van der Waals surface area contributed by atoms with E-state index in [1.165, 1.54) is 0 Å². The van der Waals surface area contributed by atoms with Crippen molar-refractivity contribution in [1.82, 2.24) is 10.4 Å². The van der Waals surface area contributed by atoms with Crippen LogP contribution in [0.4, 0.5) is 14.5 Å². The van der Waals surface area contributed by atoms with Crippen LogP contribution in [0.15, 0.2) is 12.1 Å². The van der Waals surface area contributed by atoms with E-state index in [0.29, 0.717) is 0 Å². The topological polar surface area (TPSA) is 58.4 Å². The van der Waals surface area contributed by atoms with Gasteiger partial charge in [-0.2, -0.15) is 0 Å². The molecule has 0 radical (unpaired) electrons. The van der Waals surface area contributed by atoms with Crippen molar-refractivity contribution >= 4 is 11.6 Å². The van der Waals surface area contributed by atoms with Crippen LogP contribution in [0.25, 0.3) is 0 Å². The number of hydrogen-bond donors (Lipinski definition) is 2. The van der Waals surface area contributed by atoms with E-state index < -0.39 is 17.5 Å². The smallest absolute Gasteiger partial charge is 0.268 e. The monoisotopic (exact) mass is 255 g/mol. The molecule has 18 heavy (non-hydrogen) atoms. The maximum Gasteiger partial charge on any atom is 0.268 e. The van der Waals surface area contributed by atoms with Crippen LogP contribution in [0, 0.1) is 11.6 Å². The standard InChI is InChI=1S/C12H15F2N3O/c13-8-6-9(11(14)10(15)7-8)12(18)16-17-4-2-1-3-5-17/h6-7H,1-5,15H2,(H,16,18). The molecule has 98 valence electrons. The number of nitrogen functional groups attached to an aromatic ring is 1. The molecule has 0 aromatic heterocycles. The molecule has 1 aromatic carbocycles. The van der Waals surface area contributed by atoms with E-state index in [2.05, 4.69) is 5.43 Å². The maximum absolute atomic E-state index is 13.6. The minimum absolute atomic E-state index is 0.362. The molecule has 1 fully saturated rings. The Morgan fingerprint density at radius 2 is 1.89 bits per heavy atom. The number of anilines is 1. The zero-order valence-electron chi connectivity index (χ0n) is 9.88. The van der Waals surface area contributed by atoms with Gasteiger partial charge in [0, 0.05) is 13.1 Å². The summed E-state index contributed by atoms with van der Waals surface area (Å²) < 4.78 is 26.7. The molecule has 0 spiro atoms. The fraction of sp³-hybridized carbons (Fsp3) is 0.417. The first kappa shape index (κ1) is 12.8. The highest BCUT2D eigenvalue weighted by Crippen LogP contribution is 2.17. The third-order valence-electron chi connectivity index (χ3n) is 2.93. The summed E-state index contributed by atoms with van der Waals surface area (Å²) in [6.07, 6.45) is 3.08. The lowest BCUT2D eigenvalue weighted by Crippen LogP contribution is -2.45. The van der Waals surface area contributed by atoms with Crippen LogP contribution < -0.4 is 11.2 Å². The number of halogens is 2. The van der Waals surface area contributed by atoms with Crippen molar-refractivity contribution in [2.45, 2.75) is 19.3 Å². The number of nitrogens with one attached hydrogen (secondary N) is 1. The summed E-state index contributed by atoms with van der Waals surface area (Å²) in [5.74, 6) is -2.27. The molecule has 4 nitrogen and oxygen atoms in total. The second-order valence-electron chi connectivity index (χ2n) is 4.35. The van der Waals surface area contributed by atoms with Crippen LogP contribution in [0.2, 0.25) is 0 Å². The Balaban J connectivity index is 2.13. The largest absolute Gasteiger partial charge is 0.396 e. The summed E-state index contributed by atoms with van der Waals surface area (Å²) in [7, 11) is 0. The van der Waals surface area contributed by atoms with Crippen molar-refractivity contribution in [2.24, 2.45) is 0 Å². The summed E-state index contributed by atoms with van der Waals surface area (Å²) >= 11 is 0. The van der Waals surface area contributed by atoms with Gasteiger partial charge in [0.2, 0.25) is 0 Å². The first-order valence-electron chi connectivity index (χ1n) is 5.88. The Labute approximate surface area is 104 Å². The molecule has 0 bridgehead atoms. The number of hydrogen-bond acceptors (Lipinski definition) is 3. The number of carbonyl (C=O) groups is 1. The fourth-order valence-electron chi connectivity index (χ4n) is 1.99. The van der Waals surface area contributed by atoms with Gasteiger partial charge in [0.05, 0.1) is 11.3 Å². The normalized spacial score (nSPS) is 16.6. The van der Waals surface area contributed by atoms with Gasteiger partial charge in [0.15, 0.2) is 5.82 Å². The van der Waals surface area contributed by atoms with Gasteiger partial charge in [0.25, 0.3) is 5.91 Å². The van der Waals surface area contributed by atoms with Crippen LogP contribution in [-0.2, 0) is 0 Å². The number of benzene rings is 1. The van der Waals surface area contributed by atoms with Crippen molar-refractivity contribution in [1.29, 1.82) is 0 Å². The second-order valence-corrected chi connectivity index (χ2v) is 4.35. The van der Waals surface area contributed by atoms with Crippen LogP contribution in [0.1, 0.15) is 29.6 Å². The van der Waals surface area contributed by atoms with Gasteiger partial charge in [-0.1, -0.05) is 6.42 Å². The fourth-order valence-corrected chi connectivity index (χ4v) is 1.99. The molecule has 0 aliphatic carbocycles. The molecule has 2 rings (SSSR count). The highest BCUT2D eigenvalue weighted by molar-refractivity contribution is 5.95. The van der Waals surface area contributed by atoms with Crippen LogP contribution in [0.3, 0.4) is 0 Å². The zero-order valence-corrected chi connectivity index (χ0v) is 9.88. The number of rotatable bonds is 2. The van der Waals surface area contributed by atoms with Gasteiger partial charge in [0.1, 0.15) is 5.82 Å². The highest BCUT2D eigenvalue weighted by atomic mass is 19.1. The minimum Gasteiger partial charge on any atom is -0.396 e. The van der Waals surface area contributed by atoms with Crippen LogP contribution in [0.5, 0.6) is 0 Å². The van der Waals surface area contributed by atoms with Gasteiger partial charge in [-0.25, -0.2) is 13.8 Å². The molecule has 0 unspecified atom stereocenters. The van der Waals surface area contributed by atoms with Gasteiger partial charge in [-0.15, -0.1) is 0 Å². The Hall–Kier alpha value is -1.69. The second kappa shape index (κ2) is 5.30. The number of nitrogens with two attached hydrogens (primary N) is 1. The molecular formula is C12H15F2N3O. The Morgan fingerprint density at radius 3 is 2.56 bits per heavy atom. The molecule has 3 N–H and O–H groups in total. The highest BCUT2D eigenvalue weighted by Gasteiger charge is 2.19. The van der Waals surface area contributed by atoms with E-state index in [9.17, 15) is 13.6 Å². The molecule has 1 saturated heterocycles. The summed E-state index contributed by atoms with van der Waals surface area (Å²) in [5.41, 5.74) is 7.12. The quantitative estimate of drug-likeness (QED) is 0.790. The van der Waals surface area contributed by atoms with Crippen LogP contribution >= 0.6 is 0 Å². The molecule has 1 aliphatic rings. The molecule has 1 aliphatic heterocycles. The lowest BCUT2D eigenvalue weighted by molar-refractivity contribution is 0.0745. The third-order valence-corrected chi connectivity index (χ3v) is 2.93. The van der Waals surface area contributed by atoms with E-state index in [1.54, 1.807) is 5.01 Å². The summed E-state index contributed by atoms with van der Waals surface area (Å²) in [4.78, 5) is 11.8. The van der Waals surface area contributed by atoms with Gasteiger partial charge >= 0.3 is 0 Å². The predicted octanol–water partition coefficient (Wildman–Crippen LogP) is 1.68. The molecular weight excluding hydrogens is 240 g/mol. The van der Waals surface area contributed by atoms with Gasteiger partial charge < -0.3 is 5.73 Å². The Bertz CT molecular complexity index is 459. The van der Waals surface area contributed by atoms with Crippen molar-refractivity contribution in [3.63, 3.8) is 0 Å². The van der Waals surface area contributed by atoms with Gasteiger partial charge in [-0.3, -0.25) is 10.2 Å². The molecule has 1 aromatic rings. The Morgan fingerprint density at radius 1 is 1.22 bits per heavy atom. The van der Waals surface area contributed by atoms with Crippen molar-refractivity contribution in [3.8, 4) is 0 Å². The van der Waals surface area contributed by atoms with Gasteiger partial charge in [-0.05, 0) is 25.0 Å². The lowest BCUT2D eigenvalue weighted by atomic mass is 10.1. The van der Waals surface area contributed by atoms with Crippen molar-refractivity contribution < 1.29 is 13.6 Å². The summed E-state index contributed by atoms with van der Waals surface area (Å²) in [6.45, 7) is 1.44. The molecule has 0 atom stereocenters. The minimum atomic E-state index is -0.883. The Kier molecular flexibility index (Phi) is 3.76. The van der Waals surface area contributed by atoms with E-state index in [4.69, 9.17) is 5.73 Å². The number of nitrogens with zero attached hydrogens (tertiary/aromatic N) is 1. The number of piperidine rings is 1. The molecule has 1 heterocycles. The first-order chi connectivity index (χ1) is 8.58. The lowest BCUT2D eigenvalue weighted by Gasteiger charge is -2.26. The maximum atomic E-state index is 13.6. The number of amides is 1. The average molecular weight is 255 g/mol. The third kappa shape index (κ3) is 2.76. The molecule has 6 heteroatoms. The van der Waals surface area contributed by atoms with E-state index in [-0.39, 0.29) is 11.3 Å². The van der Waals surface area contributed by atoms with Crippen LogP contribution in [-0.4, -0.2) is 24.0 Å². The van der Waals surface area contributed by atoms with Crippen molar-refractivity contribution in [2.75, 3.05) is 18.8 Å². The summed E-state index contributed by atoms with van der Waals surface area (Å²) in [6, 6.07) is 1.71. The van der Waals surface area contributed by atoms with E-state index in [0.717, 1.165) is 44.5 Å². The van der Waals surface area contributed by atoms with E-state index >= 15 is 0 Å². The predicted molar refractivity (Wildman–Crippen MR) is 63.7 cm³/mol. The number of hydrazine groups is 1. The number of carbonyl (C=O) groups excluding carboxylic acids is 1. The SMILES string of the molecule is Nc1cc(F)cc(C(=O)NN2CCCCC2)c1F.